The van der Waals surface area contributed by atoms with Crippen LogP contribution < -0.4 is 5.32 Å². The van der Waals surface area contributed by atoms with E-state index in [1.165, 1.54) is 11.1 Å². The van der Waals surface area contributed by atoms with Gasteiger partial charge in [-0.3, -0.25) is 5.32 Å². The molecule has 1 aromatic heterocycles. The molecule has 0 bridgehead atoms. The molecule has 1 heterocycles. The Kier molecular flexibility index (Phi) is 5.11. The van der Waals surface area contributed by atoms with E-state index >= 15 is 0 Å². The van der Waals surface area contributed by atoms with Crippen LogP contribution in [0.1, 0.15) is 36.3 Å². The van der Waals surface area contributed by atoms with Crippen molar-refractivity contribution in [3.8, 4) is 0 Å². The molecule has 1 N–H and O–H groups in total. The minimum atomic E-state index is 0.115. The largest absolute Gasteiger partial charge is 0.299 e. The first kappa shape index (κ1) is 15.4. The number of aryl methyl sites for hydroxylation is 1. The third-order valence-electron chi connectivity index (χ3n) is 3.77. The van der Waals surface area contributed by atoms with Gasteiger partial charge in [-0.2, -0.15) is 0 Å². The van der Waals surface area contributed by atoms with Gasteiger partial charge in [0.05, 0.1) is 12.6 Å². The van der Waals surface area contributed by atoms with Crippen molar-refractivity contribution in [1.29, 1.82) is 0 Å². The lowest BCUT2D eigenvalue weighted by Crippen LogP contribution is -2.24. The fraction of sp³-hybridized carbons (Fsp3) is 0.278. The van der Waals surface area contributed by atoms with Crippen LogP contribution >= 0.6 is 0 Å². The molecule has 0 atom stereocenters. The molecule has 5 nitrogen and oxygen atoms in total. The lowest BCUT2D eigenvalue weighted by molar-refractivity contribution is 0.517. The van der Waals surface area contributed by atoms with Crippen LogP contribution in [0.3, 0.4) is 0 Å². The Morgan fingerprint density at radius 3 is 2.13 bits per heavy atom. The fourth-order valence-corrected chi connectivity index (χ4v) is 2.65. The van der Waals surface area contributed by atoms with E-state index in [0.717, 1.165) is 18.8 Å². The van der Waals surface area contributed by atoms with Crippen molar-refractivity contribution in [1.82, 2.24) is 25.5 Å². The molecular formula is C18H21N5. The van der Waals surface area contributed by atoms with Gasteiger partial charge < -0.3 is 0 Å². The van der Waals surface area contributed by atoms with Crippen molar-refractivity contribution in [3.05, 3.63) is 77.6 Å². The molecule has 118 valence electrons. The summed E-state index contributed by atoms with van der Waals surface area (Å²) in [5.41, 5.74) is 2.46. The first-order chi connectivity index (χ1) is 11.4. The number of rotatable bonds is 7. The molecule has 0 fully saturated rings. The number of benzene rings is 2. The van der Waals surface area contributed by atoms with Crippen molar-refractivity contribution in [2.24, 2.45) is 0 Å². The van der Waals surface area contributed by atoms with Crippen LogP contribution in [0.25, 0.3) is 0 Å². The third-order valence-corrected chi connectivity index (χ3v) is 3.77. The number of nitrogens with zero attached hydrogens (tertiary/aromatic N) is 4. The Morgan fingerprint density at radius 2 is 1.57 bits per heavy atom. The first-order valence-corrected chi connectivity index (χ1v) is 7.97. The van der Waals surface area contributed by atoms with E-state index in [0.29, 0.717) is 6.54 Å². The van der Waals surface area contributed by atoms with Crippen LogP contribution in [0.4, 0.5) is 0 Å². The average Bonchev–Trinajstić information content (AvgIpc) is 3.05. The Labute approximate surface area is 136 Å². The second-order valence-electron chi connectivity index (χ2n) is 5.45. The summed E-state index contributed by atoms with van der Waals surface area (Å²) in [6.07, 6.45) is 1.01. The van der Waals surface area contributed by atoms with Gasteiger partial charge in [0.25, 0.3) is 0 Å². The van der Waals surface area contributed by atoms with Crippen LogP contribution in [0.5, 0.6) is 0 Å². The van der Waals surface area contributed by atoms with Gasteiger partial charge in [-0.1, -0.05) is 67.6 Å². The van der Waals surface area contributed by atoms with Crippen molar-refractivity contribution in [3.63, 3.8) is 0 Å². The van der Waals surface area contributed by atoms with Crippen LogP contribution in [0.15, 0.2) is 60.7 Å². The lowest BCUT2D eigenvalue weighted by atomic mass is 9.99. The van der Waals surface area contributed by atoms with E-state index in [-0.39, 0.29) is 6.04 Å². The van der Waals surface area contributed by atoms with Crippen molar-refractivity contribution >= 4 is 0 Å². The predicted octanol–water partition coefficient (Wildman–Crippen LogP) is 2.96. The summed E-state index contributed by atoms with van der Waals surface area (Å²) in [6.45, 7) is 3.59. The van der Waals surface area contributed by atoms with Crippen molar-refractivity contribution < 1.29 is 0 Å². The second kappa shape index (κ2) is 7.65. The summed E-state index contributed by atoms with van der Waals surface area (Å²) < 4.78 is 1.86. The normalized spacial score (nSPS) is 11.0. The Hall–Kier alpha value is -2.53. The minimum absolute atomic E-state index is 0.115. The van der Waals surface area contributed by atoms with Gasteiger partial charge in [0, 0.05) is 6.54 Å². The summed E-state index contributed by atoms with van der Waals surface area (Å²) in [7, 11) is 0. The zero-order valence-electron chi connectivity index (χ0n) is 13.3. The van der Waals surface area contributed by atoms with Crippen molar-refractivity contribution in [2.75, 3.05) is 0 Å². The van der Waals surface area contributed by atoms with E-state index in [2.05, 4.69) is 76.3 Å². The average molecular weight is 307 g/mol. The molecule has 0 amide bonds. The molecule has 0 aliphatic carbocycles. The summed E-state index contributed by atoms with van der Waals surface area (Å²) in [5.74, 6) is 0.865. The van der Waals surface area contributed by atoms with Crippen LogP contribution in [-0.4, -0.2) is 20.2 Å². The Balaban J connectivity index is 1.81. The summed E-state index contributed by atoms with van der Waals surface area (Å²) in [4.78, 5) is 0. The zero-order valence-corrected chi connectivity index (χ0v) is 13.3. The predicted molar refractivity (Wildman–Crippen MR) is 89.7 cm³/mol. The summed E-state index contributed by atoms with van der Waals surface area (Å²) >= 11 is 0. The molecule has 23 heavy (non-hydrogen) atoms. The smallest absolute Gasteiger partial charge is 0.165 e. The molecule has 0 saturated heterocycles. The number of tetrazole rings is 1. The highest BCUT2D eigenvalue weighted by Gasteiger charge is 2.15. The van der Waals surface area contributed by atoms with Gasteiger partial charge in [-0.25, -0.2) is 4.68 Å². The van der Waals surface area contributed by atoms with Crippen LogP contribution in [0, 0.1) is 0 Å². The summed E-state index contributed by atoms with van der Waals surface area (Å²) in [6, 6.07) is 21.0. The molecule has 0 saturated carbocycles. The maximum absolute atomic E-state index is 4.13. The number of hydrogen-bond donors (Lipinski definition) is 1. The van der Waals surface area contributed by atoms with E-state index in [9.17, 15) is 0 Å². The Morgan fingerprint density at radius 1 is 0.957 bits per heavy atom. The minimum Gasteiger partial charge on any atom is -0.299 e. The highest BCUT2D eigenvalue weighted by atomic mass is 15.5. The van der Waals surface area contributed by atoms with E-state index < -0.39 is 0 Å². The van der Waals surface area contributed by atoms with Crippen LogP contribution in [0.2, 0.25) is 0 Å². The lowest BCUT2D eigenvalue weighted by Gasteiger charge is -2.19. The molecule has 0 unspecified atom stereocenters. The number of aromatic nitrogens is 4. The van der Waals surface area contributed by atoms with Gasteiger partial charge in [0.1, 0.15) is 0 Å². The maximum Gasteiger partial charge on any atom is 0.165 e. The van der Waals surface area contributed by atoms with Gasteiger partial charge in [-0.15, -0.1) is 5.10 Å². The summed E-state index contributed by atoms with van der Waals surface area (Å²) in [5, 5.41) is 15.6. The van der Waals surface area contributed by atoms with E-state index in [1.807, 2.05) is 16.8 Å². The molecule has 0 aliphatic heterocycles. The monoisotopic (exact) mass is 307 g/mol. The van der Waals surface area contributed by atoms with Gasteiger partial charge in [-0.05, 0) is 28.0 Å². The highest BCUT2D eigenvalue weighted by Crippen LogP contribution is 2.22. The molecule has 0 aliphatic rings. The molecule has 0 radical (unpaired) electrons. The molecule has 3 rings (SSSR count). The van der Waals surface area contributed by atoms with E-state index in [4.69, 9.17) is 0 Å². The third kappa shape index (κ3) is 3.81. The fourth-order valence-electron chi connectivity index (χ4n) is 2.65. The molecular weight excluding hydrogens is 286 g/mol. The Bertz CT molecular complexity index is 669. The topological polar surface area (TPSA) is 55.6 Å². The molecule has 5 heteroatoms. The zero-order chi connectivity index (χ0) is 15.9. The molecule has 2 aromatic carbocycles. The van der Waals surface area contributed by atoms with Gasteiger partial charge in [0.2, 0.25) is 0 Å². The number of hydrogen-bond acceptors (Lipinski definition) is 4. The second-order valence-corrected chi connectivity index (χ2v) is 5.45. The van der Waals surface area contributed by atoms with Crippen molar-refractivity contribution in [2.45, 2.75) is 32.5 Å². The van der Waals surface area contributed by atoms with Gasteiger partial charge in [0.15, 0.2) is 5.82 Å². The van der Waals surface area contributed by atoms with Gasteiger partial charge >= 0.3 is 0 Å². The standard InChI is InChI=1S/C18H21N5/c1-2-13-23-17(20-21-22-23)14-19-18(15-9-5-3-6-10-15)16-11-7-4-8-12-16/h3-12,18-19H,2,13-14H2,1H3. The SMILES string of the molecule is CCCn1nnnc1CNC(c1ccccc1)c1ccccc1. The van der Waals surface area contributed by atoms with Crippen LogP contribution in [-0.2, 0) is 13.1 Å². The molecule has 3 aromatic rings. The van der Waals surface area contributed by atoms with E-state index in [1.54, 1.807) is 0 Å². The highest BCUT2D eigenvalue weighted by molar-refractivity contribution is 5.31. The first-order valence-electron chi connectivity index (χ1n) is 7.97. The number of nitrogens with one attached hydrogen (secondary N) is 1. The maximum atomic E-state index is 4.13. The quantitative estimate of drug-likeness (QED) is 0.729. The molecule has 0 spiro atoms.